The standard InChI is InChI=1S/C21H21NO4/c1-3-14-10-7-11-16-17(12-22-19(14)16)20(24)21(26-18(23)13-25-2)15-8-5-4-6-9-15/h4-12,21-22H,3,13H2,1-2H3. The first-order valence-corrected chi connectivity index (χ1v) is 8.52. The van der Waals surface area contributed by atoms with Crippen LogP contribution in [-0.2, 0) is 20.7 Å². The summed E-state index contributed by atoms with van der Waals surface area (Å²) in [6.45, 7) is 1.86. The molecule has 5 heteroatoms. The first-order valence-electron chi connectivity index (χ1n) is 8.52. The van der Waals surface area contributed by atoms with Gasteiger partial charge in [0.25, 0.3) is 0 Å². The summed E-state index contributed by atoms with van der Waals surface area (Å²) in [4.78, 5) is 28.4. The Morgan fingerprint density at radius 2 is 1.85 bits per heavy atom. The topological polar surface area (TPSA) is 68.4 Å². The van der Waals surface area contributed by atoms with E-state index < -0.39 is 12.1 Å². The van der Waals surface area contributed by atoms with Crippen molar-refractivity contribution in [2.45, 2.75) is 19.4 Å². The Labute approximate surface area is 151 Å². The fourth-order valence-corrected chi connectivity index (χ4v) is 3.04. The molecule has 5 nitrogen and oxygen atoms in total. The molecule has 1 atom stereocenters. The summed E-state index contributed by atoms with van der Waals surface area (Å²) in [6.07, 6.45) is 1.53. The number of methoxy groups -OCH3 is 1. The van der Waals surface area contributed by atoms with Gasteiger partial charge in [-0.15, -0.1) is 0 Å². The second-order valence-corrected chi connectivity index (χ2v) is 5.97. The number of nitrogens with one attached hydrogen (secondary N) is 1. The lowest BCUT2D eigenvalue weighted by Gasteiger charge is -2.17. The van der Waals surface area contributed by atoms with Crippen molar-refractivity contribution in [2.75, 3.05) is 13.7 Å². The van der Waals surface area contributed by atoms with Crippen LogP contribution in [0.2, 0.25) is 0 Å². The normalized spacial score (nSPS) is 12.1. The number of Topliss-reactive ketones (excluding diaryl/α,β-unsaturated/α-hetero) is 1. The lowest BCUT2D eigenvalue weighted by Crippen LogP contribution is -2.22. The van der Waals surface area contributed by atoms with E-state index in [9.17, 15) is 9.59 Å². The van der Waals surface area contributed by atoms with Crippen LogP contribution >= 0.6 is 0 Å². The molecule has 0 fully saturated rings. The average Bonchev–Trinajstić information content (AvgIpc) is 3.10. The Bertz CT molecular complexity index is 914. The monoisotopic (exact) mass is 351 g/mol. The summed E-state index contributed by atoms with van der Waals surface area (Å²) in [5, 5.41) is 0.832. The highest BCUT2D eigenvalue weighted by molar-refractivity contribution is 6.11. The Kier molecular flexibility index (Phi) is 5.49. The minimum atomic E-state index is -1.01. The fourth-order valence-electron chi connectivity index (χ4n) is 3.04. The molecule has 1 N–H and O–H groups in total. The summed E-state index contributed by atoms with van der Waals surface area (Å²) in [5.41, 5.74) is 3.21. The Morgan fingerprint density at radius 1 is 1.08 bits per heavy atom. The van der Waals surface area contributed by atoms with Gasteiger partial charge >= 0.3 is 5.97 Å². The number of rotatable bonds is 7. The van der Waals surface area contributed by atoms with Crippen LogP contribution in [0.5, 0.6) is 0 Å². The number of H-pyrrole nitrogens is 1. The second kappa shape index (κ2) is 7.97. The molecular weight excluding hydrogens is 330 g/mol. The van der Waals surface area contributed by atoms with Gasteiger partial charge in [0.1, 0.15) is 6.61 Å². The van der Waals surface area contributed by atoms with Crippen LogP contribution < -0.4 is 0 Å². The average molecular weight is 351 g/mol. The number of carbonyl (C=O) groups is 2. The zero-order valence-corrected chi connectivity index (χ0v) is 14.8. The van der Waals surface area contributed by atoms with E-state index in [1.807, 2.05) is 36.4 Å². The van der Waals surface area contributed by atoms with Crippen molar-refractivity contribution in [1.29, 1.82) is 0 Å². The minimum Gasteiger partial charge on any atom is -0.447 e. The maximum absolute atomic E-state index is 13.2. The van der Waals surface area contributed by atoms with Crippen LogP contribution in [0.3, 0.4) is 0 Å². The SMILES string of the molecule is CCc1cccc2c(C(=O)C(OC(=O)COC)c3ccccc3)c[nH]c12. The maximum atomic E-state index is 13.2. The van der Waals surface area contributed by atoms with Crippen molar-refractivity contribution < 1.29 is 19.1 Å². The second-order valence-electron chi connectivity index (χ2n) is 5.97. The molecule has 3 aromatic rings. The predicted molar refractivity (Wildman–Crippen MR) is 99.2 cm³/mol. The van der Waals surface area contributed by atoms with Crippen molar-refractivity contribution in [3.05, 3.63) is 71.4 Å². The molecule has 0 saturated carbocycles. The summed E-state index contributed by atoms with van der Waals surface area (Å²) >= 11 is 0. The van der Waals surface area contributed by atoms with Crippen molar-refractivity contribution in [3.8, 4) is 0 Å². The first kappa shape index (κ1) is 17.9. The van der Waals surface area contributed by atoms with Gasteiger partial charge in [0.05, 0.1) is 0 Å². The van der Waals surface area contributed by atoms with Crippen LogP contribution in [0.25, 0.3) is 10.9 Å². The number of benzene rings is 2. The number of aryl methyl sites for hydroxylation is 1. The molecule has 0 aliphatic rings. The molecule has 26 heavy (non-hydrogen) atoms. The van der Waals surface area contributed by atoms with E-state index in [1.54, 1.807) is 18.3 Å². The summed E-state index contributed by atoms with van der Waals surface area (Å²) < 4.78 is 10.3. The molecule has 0 spiro atoms. The minimum absolute atomic E-state index is 0.204. The lowest BCUT2D eigenvalue weighted by molar-refractivity contribution is -0.151. The Morgan fingerprint density at radius 3 is 2.54 bits per heavy atom. The Hall–Kier alpha value is -2.92. The molecule has 0 aliphatic carbocycles. The summed E-state index contributed by atoms with van der Waals surface area (Å²) in [6, 6.07) is 14.9. The highest BCUT2D eigenvalue weighted by Crippen LogP contribution is 2.28. The number of hydrogen-bond acceptors (Lipinski definition) is 4. The van der Waals surface area contributed by atoms with Gasteiger partial charge in [0.2, 0.25) is 5.78 Å². The van der Waals surface area contributed by atoms with Crippen LogP contribution in [0, 0.1) is 0 Å². The molecule has 1 heterocycles. The molecule has 2 aromatic carbocycles. The van der Waals surface area contributed by atoms with E-state index >= 15 is 0 Å². The lowest BCUT2D eigenvalue weighted by atomic mass is 9.98. The van der Waals surface area contributed by atoms with Crippen molar-refractivity contribution in [2.24, 2.45) is 0 Å². The van der Waals surface area contributed by atoms with Gasteiger partial charge in [-0.05, 0) is 12.0 Å². The number of hydrogen-bond donors (Lipinski definition) is 1. The number of carbonyl (C=O) groups excluding carboxylic acids is 2. The highest BCUT2D eigenvalue weighted by Gasteiger charge is 2.28. The first-order chi connectivity index (χ1) is 12.7. The van der Waals surface area contributed by atoms with Crippen LogP contribution in [-0.4, -0.2) is 30.5 Å². The zero-order chi connectivity index (χ0) is 18.5. The van der Waals surface area contributed by atoms with Crippen molar-refractivity contribution in [3.63, 3.8) is 0 Å². The van der Waals surface area contributed by atoms with E-state index in [0.717, 1.165) is 22.9 Å². The zero-order valence-electron chi connectivity index (χ0n) is 14.8. The van der Waals surface area contributed by atoms with E-state index in [0.29, 0.717) is 11.1 Å². The van der Waals surface area contributed by atoms with Gasteiger partial charge in [0.15, 0.2) is 6.10 Å². The molecule has 0 radical (unpaired) electrons. The molecule has 3 rings (SSSR count). The van der Waals surface area contributed by atoms with E-state index in [-0.39, 0.29) is 12.4 Å². The maximum Gasteiger partial charge on any atom is 0.333 e. The molecule has 0 saturated heterocycles. The van der Waals surface area contributed by atoms with Gasteiger partial charge in [-0.1, -0.05) is 55.5 Å². The van der Waals surface area contributed by atoms with E-state index in [1.165, 1.54) is 7.11 Å². The predicted octanol–water partition coefficient (Wildman–Crippen LogP) is 3.84. The number of aromatic nitrogens is 1. The third-order valence-corrected chi connectivity index (χ3v) is 4.30. The number of ether oxygens (including phenoxy) is 2. The quantitative estimate of drug-likeness (QED) is 0.519. The highest BCUT2D eigenvalue weighted by atomic mass is 16.6. The van der Waals surface area contributed by atoms with Crippen molar-refractivity contribution in [1.82, 2.24) is 4.98 Å². The molecule has 0 amide bonds. The molecule has 1 unspecified atom stereocenters. The van der Waals surface area contributed by atoms with Crippen LogP contribution in [0.15, 0.2) is 54.7 Å². The van der Waals surface area contributed by atoms with Gasteiger partial charge < -0.3 is 14.5 Å². The van der Waals surface area contributed by atoms with Gasteiger partial charge in [-0.25, -0.2) is 4.79 Å². The molecule has 134 valence electrons. The van der Waals surface area contributed by atoms with Crippen molar-refractivity contribution >= 4 is 22.7 Å². The Balaban J connectivity index is 2.01. The van der Waals surface area contributed by atoms with Gasteiger partial charge in [0, 0.05) is 35.3 Å². The van der Waals surface area contributed by atoms with Gasteiger partial charge in [-0.2, -0.15) is 0 Å². The summed E-state index contributed by atoms with van der Waals surface area (Å²) in [5.74, 6) is -0.844. The number of aromatic amines is 1. The fraction of sp³-hybridized carbons (Fsp3) is 0.238. The largest absolute Gasteiger partial charge is 0.447 e. The van der Waals surface area contributed by atoms with Crippen LogP contribution in [0.4, 0.5) is 0 Å². The third kappa shape index (κ3) is 3.53. The smallest absolute Gasteiger partial charge is 0.333 e. The number of esters is 1. The molecule has 0 aliphatic heterocycles. The number of fused-ring (bicyclic) bond motifs is 1. The molecule has 0 bridgehead atoms. The third-order valence-electron chi connectivity index (χ3n) is 4.30. The number of para-hydroxylation sites is 1. The van der Waals surface area contributed by atoms with E-state index in [2.05, 4.69) is 11.9 Å². The van der Waals surface area contributed by atoms with E-state index in [4.69, 9.17) is 9.47 Å². The number of ketones is 1. The van der Waals surface area contributed by atoms with Crippen LogP contribution in [0.1, 0.15) is 34.5 Å². The van der Waals surface area contributed by atoms with Gasteiger partial charge in [-0.3, -0.25) is 4.79 Å². The molecular formula is C21H21NO4. The summed E-state index contributed by atoms with van der Waals surface area (Å²) in [7, 11) is 1.41. The molecule has 1 aromatic heterocycles.